The van der Waals surface area contributed by atoms with E-state index >= 15 is 0 Å². The lowest BCUT2D eigenvalue weighted by Gasteiger charge is -2.19. The molecule has 1 aromatic carbocycles. The van der Waals surface area contributed by atoms with Gasteiger partial charge < -0.3 is 10.5 Å². The van der Waals surface area contributed by atoms with Crippen LogP contribution >= 0.6 is 0 Å². The lowest BCUT2D eigenvalue weighted by atomic mass is 10.1. The molecule has 1 aromatic rings. The Morgan fingerprint density at radius 2 is 1.79 bits per heavy atom. The number of amides is 2. The third-order valence-corrected chi connectivity index (χ3v) is 2.12. The molecule has 0 saturated carbocycles. The number of hydrazine groups is 1. The number of nitrogens with two attached hydrogens (primary N) is 1. The summed E-state index contributed by atoms with van der Waals surface area (Å²) in [7, 11) is 0. The van der Waals surface area contributed by atoms with Gasteiger partial charge in [-0.05, 0) is 38.5 Å². The molecule has 19 heavy (non-hydrogen) atoms. The molecule has 0 atom stereocenters. The third-order valence-electron chi connectivity index (χ3n) is 2.12. The molecule has 6 heteroatoms. The summed E-state index contributed by atoms with van der Waals surface area (Å²) < 4.78 is 5.05. The molecular weight excluding hydrogens is 246 g/mol. The van der Waals surface area contributed by atoms with Crippen molar-refractivity contribution >= 4 is 12.0 Å². The Morgan fingerprint density at radius 1 is 1.21 bits per heavy atom. The van der Waals surface area contributed by atoms with Crippen LogP contribution in [0.15, 0.2) is 24.3 Å². The normalized spacial score (nSPS) is 10.9. The zero-order valence-electron chi connectivity index (χ0n) is 11.3. The molecular formula is C13H19N3O3. The van der Waals surface area contributed by atoms with E-state index in [1.54, 1.807) is 45.0 Å². The van der Waals surface area contributed by atoms with E-state index < -0.39 is 17.6 Å². The molecule has 0 heterocycles. The molecule has 104 valence electrons. The highest BCUT2D eigenvalue weighted by Crippen LogP contribution is 2.06. The largest absolute Gasteiger partial charge is 0.443 e. The van der Waals surface area contributed by atoms with Gasteiger partial charge in [-0.25, -0.2) is 10.2 Å². The Labute approximate surface area is 112 Å². The minimum atomic E-state index is -0.541. The van der Waals surface area contributed by atoms with Crippen LogP contribution in [0.4, 0.5) is 4.79 Å². The first kappa shape index (κ1) is 15.0. The molecule has 0 unspecified atom stereocenters. The second-order valence-electron chi connectivity index (χ2n) is 5.04. The molecule has 4 N–H and O–H groups in total. The molecule has 1 rings (SSSR count). The second kappa shape index (κ2) is 6.19. The number of hydrogen-bond donors (Lipinski definition) is 3. The number of nitrogens with one attached hydrogen (secondary N) is 2. The Hall–Kier alpha value is -2.08. The molecule has 0 aromatic heterocycles. The van der Waals surface area contributed by atoms with E-state index in [2.05, 4.69) is 10.9 Å². The third kappa shape index (κ3) is 5.87. The van der Waals surface area contributed by atoms with Gasteiger partial charge in [0.2, 0.25) is 5.91 Å². The van der Waals surface area contributed by atoms with Crippen LogP contribution < -0.4 is 16.6 Å². The first-order valence-electron chi connectivity index (χ1n) is 5.88. The monoisotopic (exact) mass is 265 g/mol. The number of rotatable bonds is 4. The maximum absolute atomic E-state index is 11.3. The molecule has 0 fully saturated rings. The van der Waals surface area contributed by atoms with E-state index in [1.165, 1.54) is 0 Å². The van der Waals surface area contributed by atoms with Crippen LogP contribution in [0.2, 0.25) is 0 Å². The van der Waals surface area contributed by atoms with Crippen molar-refractivity contribution in [3.63, 3.8) is 0 Å². The summed E-state index contributed by atoms with van der Waals surface area (Å²) in [6, 6.07) is 6.77. The maximum atomic E-state index is 11.3. The Bertz CT molecular complexity index is 449. The molecule has 0 spiro atoms. The summed E-state index contributed by atoms with van der Waals surface area (Å²) in [4.78, 5) is 22.2. The maximum Gasteiger partial charge on any atom is 0.422 e. The molecule has 6 nitrogen and oxygen atoms in total. The first-order chi connectivity index (χ1) is 8.78. The Morgan fingerprint density at radius 3 is 2.26 bits per heavy atom. The van der Waals surface area contributed by atoms with Gasteiger partial charge in [0.25, 0.3) is 0 Å². The summed E-state index contributed by atoms with van der Waals surface area (Å²) in [5.41, 5.74) is 11.1. The van der Waals surface area contributed by atoms with Gasteiger partial charge in [-0.3, -0.25) is 10.2 Å². The molecule has 0 aliphatic rings. The van der Waals surface area contributed by atoms with Crippen molar-refractivity contribution < 1.29 is 14.3 Å². The lowest BCUT2D eigenvalue weighted by molar-refractivity contribution is 0.0497. The van der Waals surface area contributed by atoms with Crippen molar-refractivity contribution in [2.24, 2.45) is 5.73 Å². The predicted octanol–water partition coefficient (Wildman–Crippen LogP) is 1.31. The average molecular weight is 265 g/mol. The summed E-state index contributed by atoms with van der Waals surface area (Å²) in [5, 5.41) is 0. The summed E-state index contributed by atoms with van der Waals surface area (Å²) in [6.45, 7) is 5.78. The van der Waals surface area contributed by atoms with Crippen LogP contribution in [-0.4, -0.2) is 17.6 Å². The quantitative estimate of drug-likeness (QED) is 0.716. The Kier molecular flexibility index (Phi) is 4.88. The number of ether oxygens (including phenoxy) is 1. The topological polar surface area (TPSA) is 93.4 Å². The van der Waals surface area contributed by atoms with Crippen LogP contribution in [0.1, 0.15) is 36.7 Å². The molecule has 0 aliphatic heterocycles. The molecule has 0 aliphatic carbocycles. The van der Waals surface area contributed by atoms with Crippen LogP contribution in [0.25, 0.3) is 0 Å². The fourth-order valence-electron chi connectivity index (χ4n) is 1.31. The van der Waals surface area contributed by atoms with Crippen LogP contribution in [0.3, 0.4) is 0 Å². The van der Waals surface area contributed by atoms with Gasteiger partial charge in [0.15, 0.2) is 0 Å². The van der Waals surface area contributed by atoms with E-state index in [4.69, 9.17) is 10.5 Å². The van der Waals surface area contributed by atoms with Crippen LogP contribution in [-0.2, 0) is 11.3 Å². The standard InChI is InChI=1S/C13H19N3O3/c1-13(2,3)19-12(18)16-15-8-9-4-6-10(7-5-9)11(14)17/h4-7,15H,8H2,1-3H3,(H2,14,17)(H,16,18). The molecule has 2 amide bonds. The average Bonchev–Trinajstić information content (AvgIpc) is 2.27. The minimum absolute atomic E-state index is 0.415. The van der Waals surface area contributed by atoms with Crippen molar-refractivity contribution in [1.29, 1.82) is 0 Å². The highest BCUT2D eigenvalue weighted by Gasteiger charge is 2.15. The van der Waals surface area contributed by atoms with Gasteiger partial charge in [-0.15, -0.1) is 0 Å². The smallest absolute Gasteiger partial charge is 0.422 e. The highest BCUT2D eigenvalue weighted by molar-refractivity contribution is 5.92. The summed E-state index contributed by atoms with van der Waals surface area (Å²) in [6.07, 6.45) is -0.541. The minimum Gasteiger partial charge on any atom is -0.443 e. The summed E-state index contributed by atoms with van der Waals surface area (Å²) >= 11 is 0. The zero-order valence-corrected chi connectivity index (χ0v) is 11.3. The first-order valence-corrected chi connectivity index (χ1v) is 5.88. The SMILES string of the molecule is CC(C)(C)OC(=O)NNCc1ccc(C(N)=O)cc1. The van der Waals surface area contributed by atoms with Crippen molar-refractivity contribution in [3.8, 4) is 0 Å². The molecule has 0 bridgehead atoms. The van der Waals surface area contributed by atoms with Crippen LogP contribution in [0.5, 0.6) is 0 Å². The lowest BCUT2D eigenvalue weighted by Crippen LogP contribution is -2.40. The van der Waals surface area contributed by atoms with Crippen LogP contribution in [0, 0.1) is 0 Å². The van der Waals surface area contributed by atoms with E-state index in [0.717, 1.165) is 5.56 Å². The fraction of sp³-hybridized carbons (Fsp3) is 0.385. The van der Waals surface area contributed by atoms with Gasteiger partial charge in [0, 0.05) is 12.1 Å². The number of carbonyl (C=O) groups is 2. The van der Waals surface area contributed by atoms with Gasteiger partial charge in [-0.2, -0.15) is 0 Å². The molecule has 0 radical (unpaired) electrons. The Balaban J connectivity index is 2.37. The van der Waals surface area contributed by atoms with Crippen molar-refractivity contribution in [2.75, 3.05) is 0 Å². The van der Waals surface area contributed by atoms with E-state index in [-0.39, 0.29) is 0 Å². The van der Waals surface area contributed by atoms with Crippen molar-refractivity contribution in [2.45, 2.75) is 32.9 Å². The summed E-state index contributed by atoms with van der Waals surface area (Å²) in [5.74, 6) is -0.466. The van der Waals surface area contributed by atoms with Crippen molar-refractivity contribution in [1.82, 2.24) is 10.9 Å². The number of primary amides is 1. The van der Waals surface area contributed by atoms with Gasteiger partial charge >= 0.3 is 6.09 Å². The van der Waals surface area contributed by atoms with E-state index in [9.17, 15) is 9.59 Å². The van der Waals surface area contributed by atoms with E-state index in [1.807, 2.05) is 0 Å². The van der Waals surface area contributed by atoms with Gasteiger partial charge in [-0.1, -0.05) is 12.1 Å². The number of benzene rings is 1. The molecule has 0 saturated heterocycles. The predicted molar refractivity (Wildman–Crippen MR) is 71.2 cm³/mol. The number of carbonyl (C=O) groups excluding carboxylic acids is 2. The second-order valence-corrected chi connectivity index (χ2v) is 5.04. The fourth-order valence-corrected chi connectivity index (χ4v) is 1.31. The van der Waals surface area contributed by atoms with Gasteiger partial charge in [0.05, 0.1) is 0 Å². The van der Waals surface area contributed by atoms with Gasteiger partial charge in [0.1, 0.15) is 5.60 Å². The van der Waals surface area contributed by atoms with E-state index in [0.29, 0.717) is 12.1 Å². The number of hydrogen-bond acceptors (Lipinski definition) is 4. The van der Waals surface area contributed by atoms with Crippen molar-refractivity contribution in [3.05, 3.63) is 35.4 Å². The zero-order chi connectivity index (χ0) is 14.5. The highest BCUT2D eigenvalue weighted by atomic mass is 16.6.